The highest BCUT2D eigenvalue weighted by molar-refractivity contribution is 5.70. The van der Waals surface area contributed by atoms with E-state index in [1.54, 1.807) is 0 Å². The molecule has 0 fully saturated rings. The molecule has 2 heterocycles. The summed E-state index contributed by atoms with van der Waals surface area (Å²) < 4.78 is 2.13. The molecule has 0 radical (unpaired) electrons. The van der Waals surface area contributed by atoms with E-state index in [1.165, 1.54) is 0 Å². The number of carboxylic acid groups (broad SMARTS) is 1. The van der Waals surface area contributed by atoms with E-state index in [-0.39, 0.29) is 6.42 Å². The highest BCUT2D eigenvalue weighted by Crippen LogP contribution is 2.22. The lowest BCUT2D eigenvalue weighted by atomic mass is 10.2. The SMILES string of the molecule is CN1CCCn2cc(CC(=O)O)cc21. The number of hydrogen-bond donors (Lipinski definition) is 1. The van der Waals surface area contributed by atoms with Crippen LogP contribution in [0.2, 0.25) is 0 Å². The number of nitrogens with zero attached hydrogens (tertiary/aromatic N) is 2. The molecule has 0 unspecified atom stereocenters. The van der Waals surface area contributed by atoms with Crippen molar-refractivity contribution in [1.82, 2.24) is 4.57 Å². The fourth-order valence-corrected chi connectivity index (χ4v) is 1.92. The van der Waals surface area contributed by atoms with Crippen LogP contribution in [0.25, 0.3) is 0 Å². The number of aryl methyl sites for hydroxylation is 1. The second kappa shape index (κ2) is 3.36. The van der Waals surface area contributed by atoms with Gasteiger partial charge in [-0.2, -0.15) is 0 Å². The van der Waals surface area contributed by atoms with E-state index in [9.17, 15) is 4.79 Å². The van der Waals surface area contributed by atoms with E-state index in [4.69, 9.17) is 5.11 Å². The average Bonchev–Trinajstić information content (AvgIpc) is 2.47. The molecule has 76 valence electrons. The first kappa shape index (κ1) is 9.12. The third kappa shape index (κ3) is 1.60. The second-order valence-electron chi connectivity index (χ2n) is 3.75. The Bertz CT molecular complexity index is 357. The molecule has 1 aliphatic heterocycles. The normalized spacial score (nSPS) is 15.4. The molecule has 0 aliphatic carbocycles. The van der Waals surface area contributed by atoms with Gasteiger partial charge in [-0.3, -0.25) is 4.79 Å². The molecule has 4 heteroatoms. The van der Waals surface area contributed by atoms with E-state index in [2.05, 4.69) is 9.47 Å². The van der Waals surface area contributed by atoms with Crippen molar-refractivity contribution in [2.75, 3.05) is 18.5 Å². The lowest BCUT2D eigenvalue weighted by Gasteiger charge is -2.26. The summed E-state index contributed by atoms with van der Waals surface area (Å²) in [6, 6.07) is 1.97. The summed E-state index contributed by atoms with van der Waals surface area (Å²) in [5.41, 5.74) is 0.890. The Balaban J connectivity index is 2.26. The molecule has 1 aromatic rings. The minimum atomic E-state index is -0.768. The summed E-state index contributed by atoms with van der Waals surface area (Å²) in [6.07, 6.45) is 3.19. The number of anilines is 1. The molecule has 0 bridgehead atoms. The maximum atomic E-state index is 10.5. The van der Waals surface area contributed by atoms with E-state index in [1.807, 2.05) is 19.3 Å². The van der Waals surface area contributed by atoms with Crippen LogP contribution >= 0.6 is 0 Å². The molecule has 14 heavy (non-hydrogen) atoms. The largest absolute Gasteiger partial charge is 0.481 e. The first-order valence-corrected chi connectivity index (χ1v) is 4.79. The first-order chi connectivity index (χ1) is 6.66. The van der Waals surface area contributed by atoms with Gasteiger partial charge in [-0.15, -0.1) is 0 Å². The van der Waals surface area contributed by atoms with Crippen LogP contribution in [0.5, 0.6) is 0 Å². The molecule has 1 aliphatic rings. The summed E-state index contributed by atoms with van der Waals surface area (Å²) in [6.45, 7) is 2.05. The summed E-state index contributed by atoms with van der Waals surface area (Å²) in [5.74, 6) is 0.364. The van der Waals surface area contributed by atoms with Gasteiger partial charge in [0.2, 0.25) is 0 Å². The fraction of sp³-hybridized carbons (Fsp3) is 0.500. The highest BCUT2D eigenvalue weighted by atomic mass is 16.4. The van der Waals surface area contributed by atoms with Crippen molar-refractivity contribution < 1.29 is 9.90 Å². The lowest BCUT2D eigenvalue weighted by Crippen LogP contribution is -2.27. The Labute approximate surface area is 82.7 Å². The Morgan fingerprint density at radius 3 is 3.00 bits per heavy atom. The maximum absolute atomic E-state index is 10.5. The van der Waals surface area contributed by atoms with Gasteiger partial charge >= 0.3 is 5.97 Å². The first-order valence-electron chi connectivity index (χ1n) is 4.79. The van der Waals surface area contributed by atoms with Crippen molar-refractivity contribution in [3.05, 3.63) is 17.8 Å². The summed E-state index contributed by atoms with van der Waals surface area (Å²) in [7, 11) is 2.04. The van der Waals surface area contributed by atoms with Gasteiger partial charge in [0.15, 0.2) is 0 Å². The minimum Gasteiger partial charge on any atom is -0.481 e. The van der Waals surface area contributed by atoms with Crippen LogP contribution < -0.4 is 4.90 Å². The third-order valence-corrected chi connectivity index (χ3v) is 2.57. The predicted octanol–water partition coefficient (Wildman–Crippen LogP) is 0.955. The molecule has 0 saturated heterocycles. The van der Waals surface area contributed by atoms with Gasteiger partial charge in [-0.05, 0) is 18.1 Å². The van der Waals surface area contributed by atoms with Crippen molar-refractivity contribution in [3.8, 4) is 0 Å². The van der Waals surface area contributed by atoms with Crippen LogP contribution in [0.4, 0.5) is 5.82 Å². The van der Waals surface area contributed by atoms with E-state index in [0.29, 0.717) is 0 Å². The monoisotopic (exact) mass is 194 g/mol. The molecule has 0 amide bonds. The van der Waals surface area contributed by atoms with Crippen LogP contribution in [0.1, 0.15) is 12.0 Å². The molecule has 0 atom stereocenters. The quantitative estimate of drug-likeness (QED) is 0.762. The van der Waals surface area contributed by atoms with Crippen LogP contribution in [-0.4, -0.2) is 29.2 Å². The molecule has 0 spiro atoms. The third-order valence-electron chi connectivity index (χ3n) is 2.57. The Hall–Kier alpha value is -1.45. The Morgan fingerprint density at radius 2 is 2.36 bits per heavy atom. The number of carbonyl (C=O) groups is 1. The predicted molar refractivity (Wildman–Crippen MR) is 53.7 cm³/mol. The standard InChI is InChI=1S/C10H14N2O2/c1-11-3-2-4-12-7-8(5-9(11)12)6-10(13)14/h5,7H,2-4,6H2,1H3,(H,13,14). The highest BCUT2D eigenvalue weighted by Gasteiger charge is 2.15. The minimum absolute atomic E-state index is 0.119. The molecular weight excluding hydrogens is 180 g/mol. The summed E-state index contributed by atoms with van der Waals surface area (Å²) >= 11 is 0. The van der Waals surface area contributed by atoms with Crippen molar-refractivity contribution in [3.63, 3.8) is 0 Å². The number of aliphatic carboxylic acids is 1. The zero-order valence-electron chi connectivity index (χ0n) is 8.23. The zero-order chi connectivity index (χ0) is 10.1. The number of fused-ring (bicyclic) bond motifs is 1. The van der Waals surface area contributed by atoms with Gasteiger partial charge in [0.1, 0.15) is 5.82 Å². The van der Waals surface area contributed by atoms with Crippen LogP contribution in [0.3, 0.4) is 0 Å². The van der Waals surface area contributed by atoms with Crippen molar-refractivity contribution in [2.45, 2.75) is 19.4 Å². The number of rotatable bonds is 2. The summed E-state index contributed by atoms with van der Waals surface area (Å²) in [4.78, 5) is 12.7. The molecular formula is C10H14N2O2. The zero-order valence-corrected chi connectivity index (χ0v) is 8.23. The maximum Gasteiger partial charge on any atom is 0.307 e. The molecule has 0 aromatic carbocycles. The van der Waals surface area contributed by atoms with Gasteiger partial charge in [0, 0.05) is 26.3 Å². The van der Waals surface area contributed by atoms with Gasteiger partial charge in [0.05, 0.1) is 6.42 Å². The fourth-order valence-electron chi connectivity index (χ4n) is 1.92. The molecule has 0 saturated carbocycles. The molecule has 1 N–H and O–H groups in total. The Morgan fingerprint density at radius 1 is 1.57 bits per heavy atom. The van der Waals surface area contributed by atoms with Crippen molar-refractivity contribution in [2.24, 2.45) is 0 Å². The van der Waals surface area contributed by atoms with Gasteiger partial charge in [-0.25, -0.2) is 0 Å². The van der Waals surface area contributed by atoms with Crippen LogP contribution in [-0.2, 0) is 17.8 Å². The van der Waals surface area contributed by atoms with Crippen LogP contribution in [0, 0.1) is 0 Å². The average molecular weight is 194 g/mol. The number of aromatic nitrogens is 1. The van der Waals surface area contributed by atoms with Gasteiger partial charge in [0.25, 0.3) is 0 Å². The van der Waals surface area contributed by atoms with Crippen LogP contribution in [0.15, 0.2) is 12.3 Å². The van der Waals surface area contributed by atoms with Crippen molar-refractivity contribution in [1.29, 1.82) is 0 Å². The van der Waals surface area contributed by atoms with Gasteiger partial charge in [-0.1, -0.05) is 0 Å². The Kier molecular flexibility index (Phi) is 2.19. The second-order valence-corrected chi connectivity index (χ2v) is 3.75. The van der Waals surface area contributed by atoms with E-state index < -0.39 is 5.97 Å². The number of carboxylic acids is 1. The molecule has 1 aromatic heterocycles. The summed E-state index contributed by atoms with van der Waals surface area (Å²) in [5, 5.41) is 8.67. The topological polar surface area (TPSA) is 45.5 Å². The molecule has 4 nitrogen and oxygen atoms in total. The lowest BCUT2D eigenvalue weighted by molar-refractivity contribution is -0.136. The van der Waals surface area contributed by atoms with Gasteiger partial charge < -0.3 is 14.6 Å². The van der Waals surface area contributed by atoms with Crippen molar-refractivity contribution >= 4 is 11.8 Å². The smallest absolute Gasteiger partial charge is 0.307 e. The van der Waals surface area contributed by atoms with E-state index >= 15 is 0 Å². The molecule has 2 rings (SSSR count). The van der Waals surface area contributed by atoms with E-state index in [0.717, 1.165) is 30.9 Å². The number of hydrogen-bond acceptors (Lipinski definition) is 2.